The molecule has 0 amide bonds. The number of hydrogen-bond donors (Lipinski definition) is 1. The maximum absolute atomic E-state index is 13.5. The summed E-state index contributed by atoms with van der Waals surface area (Å²) in [5.74, 6) is 0.584. The minimum atomic E-state index is -0.451. The van der Waals surface area contributed by atoms with E-state index in [0.717, 1.165) is 11.3 Å². The van der Waals surface area contributed by atoms with Crippen LogP contribution in [0.1, 0.15) is 5.56 Å². The van der Waals surface area contributed by atoms with Gasteiger partial charge in [0.1, 0.15) is 5.75 Å². The number of hydrogen-bond acceptors (Lipinski definition) is 3. The van der Waals surface area contributed by atoms with Crippen molar-refractivity contribution in [2.45, 2.75) is 6.42 Å². The van der Waals surface area contributed by atoms with Crippen molar-refractivity contribution in [3.05, 3.63) is 52.9 Å². The van der Waals surface area contributed by atoms with E-state index in [-0.39, 0.29) is 10.8 Å². The second-order valence-corrected chi connectivity index (χ2v) is 4.41. The number of anilines is 1. The number of ether oxygens (including phenoxy) is 1. The van der Waals surface area contributed by atoms with Crippen LogP contribution in [0.5, 0.6) is 5.75 Å². The quantitative estimate of drug-likeness (QED) is 0.910. The number of para-hydroxylation sites is 1. The van der Waals surface area contributed by atoms with Crippen LogP contribution in [0.25, 0.3) is 0 Å². The molecule has 1 N–H and O–H groups in total. The molecule has 0 saturated carbocycles. The highest BCUT2D eigenvalue weighted by Crippen LogP contribution is 2.19. The van der Waals surface area contributed by atoms with E-state index in [1.807, 2.05) is 24.3 Å². The van der Waals surface area contributed by atoms with Gasteiger partial charge in [0.15, 0.2) is 11.6 Å². The van der Waals surface area contributed by atoms with E-state index < -0.39 is 5.82 Å². The van der Waals surface area contributed by atoms with Crippen LogP contribution in [0, 0.1) is 5.82 Å². The van der Waals surface area contributed by atoms with E-state index >= 15 is 0 Å². The molecule has 0 spiro atoms. The summed E-state index contributed by atoms with van der Waals surface area (Å²) in [6.45, 7) is 0.561. The van der Waals surface area contributed by atoms with Gasteiger partial charge in [-0.15, -0.1) is 0 Å². The van der Waals surface area contributed by atoms with E-state index in [4.69, 9.17) is 16.3 Å². The number of methoxy groups -OCH3 is 1. The zero-order chi connectivity index (χ0) is 13.7. The molecule has 0 atom stereocenters. The highest BCUT2D eigenvalue weighted by atomic mass is 35.5. The lowest BCUT2D eigenvalue weighted by atomic mass is 10.1. The van der Waals surface area contributed by atoms with Gasteiger partial charge in [0, 0.05) is 12.7 Å². The zero-order valence-corrected chi connectivity index (χ0v) is 11.2. The molecular formula is C14H14ClFN2O. The van der Waals surface area contributed by atoms with Gasteiger partial charge in [0.2, 0.25) is 0 Å². The van der Waals surface area contributed by atoms with Crippen LogP contribution < -0.4 is 10.1 Å². The van der Waals surface area contributed by atoms with Crippen molar-refractivity contribution in [2.24, 2.45) is 0 Å². The fourth-order valence-electron chi connectivity index (χ4n) is 1.77. The van der Waals surface area contributed by atoms with Crippen LogP contribution in [0.15, 0.2) is 36.5 Å². The number of halogens is 2. The maximum Gasteiger partial charge on any atom is 0.166 e. The first-order valence-corrected chi connectivity index (χ1v) is 6.25. The van der Waals surface area contributed by atoms with Crippen molar-refractivity contribution in [3.8, 4) is 5.75 Å². The third-order valence-corrected chi connectivity index (χ3v) is 2.89. The molecule has 0 aliphatic rings. The van der Waals surface area contributed by atoms with Crippen molar-refractivity contribution in [1.82, 2.24) is 4.98 Å². The second-order valence-electron chi connectivity index (χ2n) is 3.97. The summed E-state index contributed by atoms with van der Waals surface area (Å²) in [6.07, 6.45) is 2.13. The van der Waals surface area contributed by atoms with Gasteiger partial charge < -0.3 is 10.1 Å². The fraction of sp³-hybridized carbons (Fsp3) is 0.214. The standard InChI is InChI=1S/C14H14ClFN2O/c1-19-13-5-3-2-4-10(13)6-7-17-14-12(16)8-11(15)9-18-14/h2-5,8-9H,6-7H2,1H3,(H,17,18). The highest BCUT2D eigenvalue weighted by molar-refractivity contribution is 6.30. The van der Waals surface area contributed by atoms with Gasteiger partial charge in [0.05, 0.1) is 12.1 Å². The summed E-state index contributed by atoms with van der Waals surface area (Å²) in [5.41, 5.74) is 1.06. The van der Waals surface area contributed by atoms with Crippen molar-refractivity contribution < 1.29 is 9.13 Å². The Balaban J connectivity index is 1.96. The van der Waals surface area contributed by atoms with Crippen LogP contribution in [-0.2, 0) is 6.42 Å². The highest BCUT2D eigenvalue weighted by Gasteiger charge is 2.05. The molecule has 1 heterocycles. The summed E-state index contributed by atoms with van der Waals surface area (Å²) in [7, 11) is 1.63. The van der Waals surface area contributed by atoms with Gasteiger partial charge >= 0.3 is 0 Å². The first-order valence-electron chi connectivity index (χ1n) is 5.87. The van der Waals surface area contributed by atoms with Gasteiger partial charge in [-0.1, -0.05) is 29.8 Å². The van der Waals surface area contributed by atoms with Crippen LogP contribution in [0.2, 0.25) is 5.02 Å². The van der Waals surface area contributed by atoms with Crippen molar-refractivity contribution in [2.75, 3.05) is 19.0 Å². The Morgan fingerprint density at radius 2 is 2.16 bits per heavy atom. The number of aromatic nitrogens is 1. The topological polar surface area (TPSA) is 34.1 Å². The Kier molecular flexibility index (Phi) is 4.58. The summed E-state index contributed by atoms with van der Waals surface area (Å²) in [6, 6.07) is 8.97. The van der Waals surface area contributed by atoms with Gasteiger partial charge in [-0.05, 0) is 24.1 Å². The van der Waals surface area contributed by atoms with E-state index in [2.05, 4.69) is 10.3 Å². The summed E-state index contributed by atoms with van der Waals surface area (Å²) in [4.78, 5) is 3.90. The first-order chi connectivity index (χ1) is 9.20. The average molecular weight is 281 g/mol. The molecule has 2 aromatic rings. The van der Waals surface area contributed by atoms with Gasteiger partial charge in [-0.3, -0.25) is 0 Å². The lowest BCUT2D eigenvalue weighted by Crippen LogP contribution is -2.08. The van der Waals surface area contributed by atoms with Crippen LogP contribution in [0.4, 0.5) is 10.2 Å². The molecule has 0 unspecified atom stereocenters. The summed E-state index contributed by atoms with van der Waals surface area (Å²) in [5, 5.41) is 3.22. The Hall–Kier alpha value is -1.81. The molecule has 1 aromatic carbocycles. The van der Waals surface area contributed by atoms with Crippen molar-refractivity contribution in [3.63, 3.8) is 0 Å². The molecule has 0 saturated heterocycles. The third-order valence-electron chi connectivity index (χ3n) is 2.69. The largest absolute Gasteiger partial charge is 0.496 e. The SMILES string of the molecule is COc1ccccc1CCNc1ncc(Cl)cc1F. The molecule has 0 aliphatic heterocycles. The summed E-state index contributed by atoms with van der Waals surface area (Å²) < 4.78 is 18.7. The Bertz CT molecular complexity index is 563. The molecule has 0 aliphatic carbocycles. The maximum atomic E-state index is 13.5. The molecule has 1 aromatic heterocycles. The molecule has 5 heteroatoms. The molecule has 0 radical (unpaired) electrons. The van der Waals surface area contributed by atoms with Crippen molar-refractivity contribution in [1.29, 1.82) is 0 Å². The minimum absolute atomic E-state index is 0.208. The molecule has 0 fully saturated rings. The number of nitrogens with zero attached hydrogens (tertiary/aromatic N) is 1. The second kappa shape index (κ2) is 6.38. The van der Waals surface area contributed by atoms with Crippen LogP contribution in [-0.4, -0.2) is 18.6 Å². The lowest BCUT2D eigenvalue weighted by molar-refractivity contribution is 0.410. The molecular weight excluding hydrogens is 267 g/mol. The molecule has 100 valence electrons. The third kappa shape index (κ3) is 3.58. The number of pyridine rings is 1. The lowest BCUT2D eigenvalue weighted by Gasteiger charge is -2.09. The predicted molar refractivity (Wildman–Crippen MR) is 74.4 cm³/mol. The fourth-order valence-corrected chi connectivity index (χ4v) is 1.91. The molecule has 0 bridgehead atoms. The number of benzene rings is 1. The minimum Gasteiger partial charge on any atom is -0.496 e. The van der Waals surface area contributed by atoms with Gasteiger partial charge in [-0.2, -0.15) is 0 Å². The average Bonchev–Trinajstić information content (AvgIpc) is 2.42. The predicted octanol–water partition coefficient (Wildman–Crippen LogP) is 3.54. The Morgan fingerprint density at radius 3 is 2.89 bits per heavy atom. The normalized spacial score (nSPS) is 10.3. The monoisotopic (exact) mass is 280 g/mol. The van der Waals surface area contributed by atoms with Crippen LogP contribution in [0.3, 0.4) is 0 Å². The van der Waals surface area contributed by atoms with E-state index in [9.17, 15) is 4.39 Å². The van der Waals surface area contributed by atoms with Crippen molar-refractivity contribution >= 4 is 17.4 Å². The molecule has 19 heavy (non-hydrogen) atoms. The zero-order valence-electron chi connectivity index (χ0n) is 10.5. The molecule has 2 rings (SSSR count). The number of nitrogens with one attached hydrogen (secondary N) is 1. The first kappa shape index (κ1) is 13.6. The Labute approximate surface area is 116 Å². The smallest absolute Gasteiger partial charge is 0.166 e. The van der Waals surface area contributed by atoms with Gasteiger partial charge in [0.25, 0.3) is 0 Å². The molecule has 3 nitrogen and oxygen atoms in total. The summed E-state index contributed by atoms with van der Waals surface area (Å²) >= 11 is 5.64. The van der Waals surface area contributed by atoms with Gasteiger partial charge in [-0.25, -0.2) is 9.37 Å². The van der Waals surface area contributed by atoms with E-state index in [1.165, 1.54) is 12.3 Å². The Morgan fingerprint density at radius 1 is 1.37 bits per heavy atom. The van der Waals surface area contributed by atoms with Crippen LogP contribution >= 0.6 is 11.6 Å². The van der Waals surface area contributed by atoms with E-state index in [1.54, 1.807) is 7.11 Å². The van der Waals surface area contributed by atoms with E-state index in [0.29, 0.717) is 13.0 Å². The number of rotatable bonds is 5.